The predicted molar refractivity (Wildman–Crippen MR) is 102 cm³/mol. The third-order valence-corrected chi connectivity index (χ3v) is 8.55. The first-order valence-corrected chi connectivity index (χ1v) is 11.5. The Balaban J connectivity index is 1.46. The van der Waals surface area contributed by atoms with Crippen LogP contribution in [0.5, 0.6) is 0 Å². The molecule has 0 aliphatic carbocycles. The van der Waals surface area contributed by atoms with Crippen LogP contribution in [0.3, 0.4) is 0 Å². The van der Waals surface area contributed by atoms with Gasteiger partial charge in [-0.3, -0.25) is 4.79 Å². The SMILES string of the molecule is CC1c2[nH]c3ccccc3c2CCN1C(=O)CSC1CCS(=O)(=O)C1. The number of thioether (sulfide) groups is 1. The van der Waals surface area contributed by atoms with Crippen LogP contribution < -0.4 is 0 Å². The Hall–Kier alpha value is -1.47. The van der Waals surface area contributed by atoms with Gasteiger partial charge in [-0.15, -0.1) is 11.8 Å². The highest BCUT2D eigenvalue weighted by Crippen LogP contribution is 2.35. The van der Waals surface area contributed by atoms with E-state index in [0.717, 1.165) is 24.2 Å². The number of benzene rings is 1. The van der Waals surface area contributed by atoms with E-state index in [2.05, 4.69) is 24.0 Å². The van der Waals surface area contributed by atoms with Gasteiger partial charge in [0.15, 0.2) is 9.84 Å². The lowest BCUT2D eigenvalue weighted by molar-refractivity contribution is -0.130. The molecule has 2 unspecified atom stereocenters. The number of fused-ring (bicyclic) bond motifs is 3. The molecule has 1 aromatic carbocycles. The van der Waals surface area contributed by atoms with Crippen LogP contribution in [0.15, 0.2) is 24.3 Å². The average Bonchev–Trinajstić information content (AvgIpc) is 3.13. The van der Waals surface area contributed by atoms with Crippen LogP contribution in [-0.2, 0) is 21.1 Å². The highest BCUT2D eigenvalue weighted by atomic mass is 32.2. The van der Waals surface area contributed by atoms with Gasteiger partial charge in [-0.2, -0.15) is 0 Å². The summed E-state index contributed by atoms with van der Waals surface area (Å²) in [5.74, 6) is 0.940. The van der Waals surface area contributed by atoms with Gasteiger partial charge in [-0.25, -0.2) is 8.42 Å². The Morgan fingerprint density at radius 1 is 1.36 bits per heavy atom. The molecule has 1 fully saturated rings. The normalized spacial score (nSPS) is 25.2. The highest BCUT2D eigenvalue weighted by Gasteiger charge is 2.32. The zero-order chi connectivity index (χ0) is 17.6. The molecule has 0 radical (unpaired) electrons. The Morgan fingerprint density at radius 2 is 2.16 bits per heavy atom. The van der Waals surface area contributed by atoms with E-state index < -0.39 is 9.84 Å². The number of hydrogen-bond acceptors (Lipinski definition) is 4. The van der Waals surface area contributed by atoms with Gasteiger partial charge >= 0.3 is 0 Å². The van der Waals surface area contributed by atoms with Crippen molar-refractivity contribution in [2.75, 3.05) is 23.8 Å². The largest absolute Gasteiger partial charge is 0.356 e. The molecule has 4 rings (SSSR count). The zero-order valence-corrected chi connectivity index (χ0v) is 15.8. The molecule has 0 saturated carbocycles. The first-order valence-electron chi connectivity index (χ1n) is 8.65. The highest BCUT2D eigenvalue weighted by molar-refractivity contribution is 8.02. The molecule has 25 heavy (non-hydrogen) atoms. The number of para-hydroxylation sites is 1. The van der Waals surface area contributed by atoms with Crippen molar-refractivity contribution in [3.8, 4) is 0 Å². The number of aromatic nitrogens is 1. The minimum Gasteiger partial charge on any atom is -0.356 e. The van der Waals surface area contributed by atoms with Crippen LogP contribution in [0.2, 0.25) is 0 Å². The summed E-state index contributed by atoms with van der Waals surface area (Å²) in [5.41, 5.74) is 3.58. The average molecular weight is 379 g/mol. The van der Waals surface area contributed by atoms with Crippen LogP contribution in [0.4, 0.5) is 0 Å². The number of amides is 1. The predicted octanol–water partition coefficient (Wildman–Crippen LogP) is 2.53. The van der Waals surface area contributed by atoms with Crippen LogP contribution in [0.25, 0.3) is 10.9 Å². The fourth-order valence-corrected chi connectivity index (χ4v) is 7.46. The maximum absolute atomic E-state index is 12.7. The molecule has 134 valence electrons. The quantitative estimate of drug-likeness (QED) is 0.891. The van der Waals surface area contributed by atoms with Gasteiger partial charge in [-0.1, -0.05) is 18.2 Å². The van der Waals surface area contributed by atoms with Gasteiger partial charge in [0, 0.05) is 28.4 Å². The van der Waals surface area contributed by atoms with E-state index in [1.165, 1.54) is 22.7 Å². The van der Waals surface area contributed by atoms with Gasteiger partial charge < -0.3 is 9.88 Å². The Labute approximate surface area is 152 Å². The molecule has 0 spiro atoms. The number of rotatable bonds is 3. The maximum atomic E-state index is 12.7. The van der Waals surface area contributed by atoms with Crippen molar-refractivity contribution in [1.82, 2.24) is 9.88 Å². The first kappa shape index (κ1) is 17.0. The van der Waals surface area contributed by atoms with Crippen LogP contribution in [0.1, 0.15) is 30.6 Å². The lowest BCUT2D eigenvalue weighted by atomic mass is 9.98. The summed E-state index contributed by atoms with van der Waals surface area (Å²) in [5, 5.41) is 1.32. The third kappa shape index (κ3) is 3.19. The Kier molecular flexibility index (Phi) is 4.32. The molecule has 1 N–H and O–H groups in total. The second kappa shape index (κ2) is 6.36. The second-order valence-electron chi connectivity index (χ2n) is 6.91. The van der Waals surface area contributed by atoms with Crippen molar-refractivity contribution in [3.63, 3.8) is 0 Å². The third-order valence-electron chi connectivity index (χ3n) is 5.29. The Bertz CT molecular complexity index is 920. The molecule has 2 aliphatic rings. The summed E-state index contributed by atoms with van der Waals surface area (Å²) in [6.07, 6.45) is 1.53. The smallest absolute Gasteiger partial charge is 0.233 e. The summed E-state index contributed by atoms with van der Waals surface area (Å²) in [7, 11) is -2.88. The van der Waals surface area contributed by atoms with Gasteiger partial charge in [-0.05, 0) is 31.4 Å². The van der Waals surface area contributed by atoms with E-state index in [-0.39, 0.29) is 28.7 Å². The first-order chi connectivity index (χ1) is 11.9. The standard InChI is InChI=1S/C18H22N2O3S2/c1-12-18-15(14-4-2-3-5-16(14)19-18)6-8-20(12)17(21)10-24-13-7-9-25(22,23)11-13/h2-5,12-13,19H,6-11H2,1H3. The molecular weight excluding hydrogens is 356 g/mol. The number of carbonyl (C=O) groups is 1. The molecule has 3 heterocycles. The van der Waals surface area contributed by atoms with Crippen molar-refractivity contribution in [1.29, 1.82) is 0 Å². The fraction of sp³-hybridized carbons (Fsp3) is 0.500. The van der Waals surface area contributed by atoms with E-state index in [9.17, 15) is 13.2 Å². The fourth-order valence-electron chi connectivity index (χ4n) is 3.93. The van der Waals surface area contributed by atoms with E-state index in [0.29, 0.717) is 12.2 Å². The molecule has 0 bridgehead atoms. The minimum atomic E-state index is -2.88. The molecular formula is C18H22N2O3S2. The van der Waals surface area contributed by atoms with E-state index in [1.807, 2.05) is 17.0 Å². The number of H-pyrrole nitrogens is 1. The summed E-state index contributed by atoms with van der Waals surface area (Å²) in [6, 6.07) is 8.29. The summed E-state index contributed by atoms with van der Waals surface area (Å²) in [4.78, 5) is 18.1. The van der Waals surface area contributed by atoms with Crippen LogP contribution in [0, 0.1) is 0 Å². The summed E-state index contributed by atoms with van der Waals surface area (Å²) < 4.78 is 23.1. The van der Waals surface area contributed by atoms with Crippen molar-refractivity contribution in [2.24, 2.45) is 0 Å². The zero-order valence-electron chi connectivity index (χ0n) is 14.2. The molecule has 7 heteroatoms. The van der Waals surface area contributed by atoms with Crippen molar-refractivity contribution >= 4 is 38.4 Å². The van der Waals surface area contributed by atoms with Crippen molar-refractivity contribution < 1.29 is 13.2 Å². The number of aromatic amines is 1. The van der Waals surface area contributed by atoms with Crippen LogP contribution >= 0.6 is 11.8 Å². The minimum absolute atomic E-state index is 0.0246. The maximum Gasteiger partial charge on any atom is 0.233 e. The van der Waals surface area contributed by atoms with Crippen molar-refractivity contribution in [3.05, 3.63) is 35.5 Å². The van der Waals surface area contributed by atoms with Crippen LogP contribution in [-0.4, -0.2) is 53.3 Å². The van der Waals surface area contributed by atoms with Gasteiger partial charge in [0.1, 0.15) is 0 Å². The number of sulfone groups is 1. The monoisotopic (exact) mass is 378 g/mol. The lowest BCUT2D eigenvalue weighted by Gasteiger charge is -2.33. The van der Waals surface area contributed by atoms with Gasteiger partial charge in [0.25, 0.3) is 0 Å². The van der Waals surface area contributed by atoms with E-state index in [1.54, 1.807) is 0 Å². The molecule has 2 aliphatic heterocycles. The summed E-state index contributed by atoms with van der Waals surface area (Å²) in [6.45, 7) is 2.79. The number of nitrogens with one attached hydrogen (secondary N) is 1. The Morgan fingerprint density at radius 3 is 2.92 bits per heavy atom. The van der Waals surface area contributed by atoms with Crippen molar-refractivity contribution in [2.45, 2.75) is 31.1 Å². The number of hydrogen-bond donors (Lipinski definition) is 1. The summed E-state index contributed by atoms with van der Waals surface area (Å²) >= 11 is 1.50. The molecule has 1 aromatic heterocycles. The molecule has 2 aromatic rings. The molecule has 5 nitrogen and oxygen atoms in total. The number of nitrogens with zero attached hydrogens (tertiary/aromatic N) is 1. The van der Waals surface area contributed by atoms with E-state index in [4.69, 9.17) is 0 Å². The van der Waals surface area contributed by atoms with E-state index >= 15 is 0 Å². The molecule has 1 saturated heterocycles. The second-order valence-corrected chi connectivity index (χ2v) is 10.4. The lowest BCUT2D eigenvalue weighted by Crippen LogP contribution is -2.40. The number of carbonyl (C=O) groups excluding carboxylic acids is 1. The van der Waals surface area contributed by atoms with Gasteiger partial charge in [0.2, 0.25) is 5.91 Å². The molecule has 2 atom stereocenters. The molecule has 1 amide bonds. The van der Waals surface area contributed by atoms with Gasteiger partial charge in [0.05, 0.1) is 23.3 Å². The topological polar surface area (TPSA) is 70.2 Å².